The lowest BCUT2D eigenvalue weighted by molar-refractivity contribution is 0.0691. The van der Waals surface area contributed by atoms with Crippen LogP contribution < -0.4 is 5.32 Å². The van der Waals surface area contributed by atoms with Crippen molar-refractivity contribution in [2.24, 2.45) is 0 Å². The van der Waals surface area contributed by atoms with Crippen LogP contribution in [0.5, 0.6) is 0 Å². The van der Waals surface area contributed by atoms with Crippen molar-refractivity contribution in [2.45, 2.75) is 0 Å². The number of aromatic nitrogens is 1. The zero-order valence-corrected chi connectivity index (χ0v) is 13.4. The van der Waals surface area contributed by atoms with Crippen LogP contribution in [0.15, 0.2) is 22.0 Å². The second kappa shape index (κ2) is 6.09. The third-order valence-corrected chi connectivity index (χ3v) is 4.81. The molecule has 1 heterocycles. The van der Waals surface area contributed by atoms with Crippen LogP contribution >= 0.6 is 50.5 Å². The molecule has 2 rings (SSSR count). The summed E-state index contributed by atoms with van der Waals surface area (Å²) < 4.78 is 0.601. The Morgan fingerprint density at radius 1 is 1.30 bits per heavy atom. The van der Waals surface area contributed by atoms with Crippen LogP contribution in [0.3, 0.4) is 0 Å². The maximum atomic E-state index is 11.9. The van der Waals surface area contributed by atoms with E-state index < -0.39 is 11.9 Å². The van der Waals surface area contributed by atoms with E-state index in [1.807, 2.05) is 0 Å². The quantitative estimate of drug-likeness (QED) is 0.764. The summed E-state index contributed by atoms with van der Waals surface area (Å²) in [6, 6.07) is 3.20. The van der Waals surface area contributed by atoms with Crippen LogP contribution in [-0.2, 0) is 0 Å². The summed E-state index contributed by atoms with van der Waals surface area (Å²) in [5.41, 5.74) is 0.136. The van der Waals surface area contributed by atoms with Gasteiger partial charge in [0.2, 0.25) is 0 Å². The number of carbonyl (C=O) groups excluding carboxylic acids is 1. The lowest BCUT2D eigenvalue weighted by atomic mass is 10.3. The number of aromatic carboxylic acids is 1. The van der Waals surface area contributed by atoms with E-state index in [9.17, 15) is 9.59 Å². The monoisotopic (exact) mass is 394 g/mol. The Morgan fingerprint density at radius 2 is 2.00 bits per heavy atom. The number of halogens is 3. The van der Waals surface area contributed by atoms with Gasteiger partial charge in [-0.15, -0.1) is 11.3 Å². The molecule has 0 radical (unpaired) electrons. The molecule has 0 aliphatic rings. The third-order valence-electron chi connectivity index (χ3n) is 2.20. The van der Waals surface area contributed by atoms with E-state index in [2.05, 4.69) is 26.2 Å². The molecule has 0 aliphatic heterocycles. The Labute approximate surface area is 135 Å². The Hall–Kier alpha value is -1.15. The minimum atomic E-state index is -1.19. The maximum Gasteiger partial charge on any atom is 0.355 e. The lowest BCUT2D eigenvalue weighted by Crippen LogP contribution is -2.12. The molecular formula is C11H5BrCl2N2O3S. The van der Waals surface area contributed by atoms with E-state index in [1.54, 1.807) is 12.1 Å². The maximum absolute atomic E-state index is 11.9. The summed E-state index contributed by atoms with van der Waals surface area (Å²) >= 11 is 16.1. The largest absolute Gasteiger partial charge is 0.476 e. The molecule has 104 valence electrons. The molecule has 0 atom stereocenters. The van der Waals surface area contributed by atoms with Crippen LogP contribution in [-0.4, -0.2) is 22.0 Å². The molecule has 1 amide bonds. The number of nitrogens with one attached hydrogen (secondary N) is 1. The molecule has 1 aromatic heterocycles. The fourth-order valence-electron chi connectivity index (χ4n) is 1.27. The average molecular weight is 396 g/mol. The second-order valence-corrected chi connectivity index (χ2v) is 5.99. The normalized spacial score (nSPS) is 10.3. The molecule has 5 nitrogen and oxygen atoms in total. The van der Waals surface area contributed by atoms with E-state index in [-0.39, 0.29) is 20.7 Å². The smallest absolute Gasteiger partial charge is 0.355 e. The van der Waals surface area contributed by atoms with Crippen LogP contribution in [0.4, 0.5) is 5.69 Å². The lowest BCUT2D eigenvalue weighted by Gasteiger charge is -2.07. The standard InChI is InChI=1S/C11H5BrCl2N2O3S/c12-4-1-2-5(8(14)7(4)13)15-9(17)10-16-6(3-20-10)11(18)19/h1-3H,(H,15,17)(H,18,19). The number of hydrogen-bond donors (Lipinski definition) is 2. The van der Waals surface area contributed by atoms with Crippen molar-refractivity contribution in [3.63, 3.8) is 0 Å². The Kier molecular flexibility index (Phi) is 4.64. The van der Waals surface area contributed by atoms with Crippen molar-refractivity contribution in [3.8, 4) is 0 Å². The fourth-order valence-corrected chi connectivity index (χ4v) is 2.78. The van der Waals surface area contributed by atoms with Crippen LogP contribution in [0.2, 0.25) is 10.0 Å². The summed E-state index contributed by atoms with van der Waals surface area (Å²) in [4.78, 5) is 26.3. The van der Waals surface area contributed by atoms with Crippen molar-refractivity contribution >= 4 is 68.0 Å². The molecule has 20 heavy (non-hydrogen) atoms. The van der Waals surface area contributed by atoms with Gasteiger partial charge in [0.1, 0.15) is 0 Å². The number of carboxylic acid groups (broad SMARTS) is 1. The summed E-state index contributed by atoms with van der Waals surface area (Å²) in [5.74, 6) is -1.74. The molecule has 2 aromatic rings. The number of anilines is 1. The van der Waals surface area contributed by atoms with Gasteiger partial charge in [0.25, 0.3) is 5.91 Å². The van der Waals surface area contributed by atoms with E-state index >= 15 is 0 Å². The molecular weight excluding hydrogens is 391 g/mol. The molecule has 1 aromatic carbocycles. The molecule has 0 saturated carbocycles. The van der Waals surface area contributed by atoms with Crippen LogP contribution in [0.1, 0.15) is 20.3 Å². The van der Waals surface area contributed by atoms with Gasteiger partial charge in [0.15, 0.2) is 10.7 Å². The molecule has 9 heteroatoms. The summed E-state index contributed by atoms with van der Waals surface area (Å²) in [6.07, 6.45) is 0. The number of rotatable bonds is 3. The van der Waals surface area contributed by atoms with Gasteiger partial charge >= 0.3 is 5.97 Å². The second-order valence-electron chi connectivity index (χ2n) is 3.52. The summed E-state index contributed by atoms with van der Waals surface area (Å²) in [6.45, 7) is 0. The van der Waals surface area contributed by atoms with E-state index in [0.29, 0.717) is 10.2 Å². The van der Waals surface area contributed by atoms with Gasteiger partial charge in [0.05, 0.1) is 15.7 Å². The number of amides is 1. The minimum Gasteiger partial charge on any atom is -0.476 e. The first-order chi connectivity index (χ1) is 9.40. The zero-order valence-electron chi connectivity index (χ0n) is 9.49. The first-order valence-corrected chi connectivity index (χ1v) is 7.46. The molecule has 0 aliphatic carbocycles. The molecule has 2 N–H and O–H groups in total. The highest BCUT2D eigenvalue weighted by atomic mass is 79.9. The minimum absolute atomic E-state index is 0.0255. The van der Waals surface area contributed by atoms with Crippen molar-refractivity contribution in [2.75, 3.05) is 5.32 Å². The Bertz CT molecular complexity index is 705. The van der Waals surface area contributed by atoms with Crippen molar-refractivity contribution in [1.82, 2.24) is 4.98 Å². The highest BCUT2D eigenvalue weighted by Crippen LogP contribution is 2.36. The molecule has 0 fully saturated rings. The molecule has 0 unspecified atom stereocenters. The van der Waals surface area contributed by atoms with Gasteiger partial charge in [-0.25, -0.2) is 9.78 Å². The van der Waals surface area contributed by atoms with Gasteiger partial charge in [-0.1, -0.05) is 23.2 Å². The number of carboxylic acids is 1. The van der Waals surface area contributed by atoms with Crippen LogP contribution in [0, 0.1) is 0 Å². The van der Waals surface area contributed by atoms with Gasteiger partial charge in [-0.3, -0.25) is 4.79 Å². The Morgan fingerprint density at radius 3 is 2.60 bits per heavy atom. The predicted molar refractivity (Wildman–Crippen MR) is 81.2 cm³/mol. The molecule has 0 spiro atoms. The Balaban J connectivity index is 2.23. The fraction of sp³-hybridized carbons (Fsp3) is 0. The average Bonchev–Trinajstić information content (AvgIpc) is 2.89. The highest BCUT2D eigenvalue weighted by molar-refractivity contribution is 9.10. The number of carbonyl (C=O) groups is 2. The van der Waals surface area contributed by atoms with Crippen molar-refractivity contribution < 1.29 is 14.7 Å². The highest BCUT2D eigenvalue weighted by Gasteiger charge is 2.17. The van der Waals surface area contributed by atoms with Gasteiger partial charge in [-0.05, 0) is 28.1 Å². The third kappa shape index (κ3) is 3.12. The van der Waals surface area contributed by atoms with E-state index in [1.165, 1.54) is 5.38 Å². The van der Waals surface area contributed by atoms with Crippen LogP contribution in [0.25, 0.3) is 0 Å². The first kappa shape index (κ1) is 15.2. The summed E-state index contributed by atoms with van der Waals surface area (Å²) in [5, 5.41) is 13.0. The topological polar surface area (TPSA) is 79.3 Å². The van der Waals surface area contributed by atoms with Crippen molar-refractivity contribution in [1.29, 1.82) is 0 Å². The molecule has 0 saturated heterocycles. The van der Waals surface area contributed by atoms with Gasteiger partial charge in [0, 0.05) is 9.85 Å². The number of benzene rings is 1. The number of nitrogens with zero attached hydrogens (tertiary/aromatic N) is 1. The molecule has 0 bridgehead atoms. The van der Waals surface area contributed by atoms with E-state index in [4.69, 9.17) is 28.3 Å². The van der Waals surface area contributed by atoms with Gasteiger partial charge < -0.3 is 10.4 Å². The van der Waals surface area contributed by atoms with E-state index in [0.717, 1.165) is 11.3 Å². The number of hydrogen-bond acceptors (Lipinski definition) is 4. The van der Waals surface area contributed by atoms with Gasteiger partial charge in [-0.2, -0.15) is 0 Å². The number of thiazole rings is 1. The SMILES string of the molecule is O=C(O)c1csc(C(=O)Nc2ccc(Br)c(Cl)c2Cl)n1. The zero-order chi connectivity index (χ0) is 14.9. The van der Waals surface area contributed by atoms with Crippen molar-refractivity contribution in [3.05, 3.63) is 42.7 Å². The summed E-state index contributed by atoms with van der Waals surface area (Å²) in [7, 11) is 0. The first-order valence-electron chi connectivity index (χ1n) is 5.04. The predicted octanol–water partition coefficient (Wildman–Crippen LogP) is 4.16.